The first kappa shape index (κ1) is 24.1. The number of halogens is 2. The van der Waals surface area contributed by atoms with Gasteiger partial charge in [-0.3, -0.25) is 9.59 Å². The first-order chi connectivity index (χ1) is 15.3. The second-order valence-electron chi connectivity index (χ2n) is 7.14. The Morgan fingerprint density at radius 2 is 1.75 bits per heavy atom. The summed E-state index contributed by atoms with van der Waals surface area (Å²) in [4.78, 5) is 24.9. The third-order valence-electron chi connectivity index (χ3n) is 4.59. The van der Waals surface area contributed by atoms with Crippen LogP contribution in [0, 0.1) is 6.92 Å². The molecule has 0 saturated carbocycles. The van der Waals surface area contributed by atoms with Crippen LogP contribution in [0.1, 0.15) is 41.6 Å². The minimum Gasteiger partial charge on any atom is -0.342 e. The van der Waals surface area contributed by atoms with Crippen LogP contribution in [-0.4, -0.2) is 32.3 Å². The second-order valence-corrected chi connectivity index (χ2v) is 8.96. The Hall–Kier alpha value is -2.55. The largest absolute Gasteiger partial charge is 0.342 e. The smallest absolute Gasteiger partial charge is 0.251 e. The van der Waals surface area contributed by atoms with Crippen LogP contribution >= 0.6 is 35.0 Å². The molecule has 0 saturated heterocycles. The van der Waals surface area contributed by atoms with Crippen molar-refractivity contribution in [2.24, 2.45) is 0 Å². The van der Waals surface area contributed by atoms with E-state index in [0.29, 0.717) is 38.8 Å². The van der Waals surface area contributed by atoms with E-state index < -0.39 is 0 Å². The van der Waals surface area contributed by atoms with E-state index in [0.717, 1.165) is 5.56 Å². The molecule has 10 heteroatoms. The number of carbonyl (C=O) groups excluding carboxylic acids is 2. The van der Waals surface area contributed by atoms with Gasteiger partial charge in [-0.25, -0.2) is 0 Å². The van der Waals surface area contributed by atoms with Crippen molar-refractivity contribution in [3.8, 4) is 0 Å². The quantitative estimate of drug-likeness (QED) is 0.426. The molecule has 0 radical (unpaired) electrons. The van der Waals surface area contributed by atoms with Gasteiger partial charge < -0.3 is 15.2 Å². The van der Waals surface area contributed by atoms with Crippen molar-refractivity contribution in [2.75, 3.05) is 11.1 Å². The molecule has 168 valence electrons. The average Bonchev–Trinajstić information content (AvgIpc) is 3.15. The lowest BCUT2D eigenvalue weighted by molar-refractivity contribution is -0.113. The summed E-state index contributed by atoms with van der Waals surface area (Å²) >= 11 is 13.2. The topological polar surface area (TPSA) is 88.9 Å². The molecule has 7 nitrogen and oxygen atoms in total. The van der Waals surface area contributed by atoms with Crippen molar-refractivity contribution < 1.29 is 9.59 Å². The number of carbonyl (C=O) groups is 2. The normalized spacial score (nSPS) is 11.8. The Bertz CT molecular complexity index is 1100. The number of hydrogen-bond acceptors (Lipinski definition) is 5. The number of anilines is 1. The van der Waals surface area contributed by atoms with E-state index in [-0.39, 0.29) is 23.6 Å². The minimum absolute atomic E-state index is 0.131. The maximum absolute atomic E-state index is 12.5. The Morgan fingerprint density at radius 1 is 1.09 bits per heavy atom. The zero-order valence-corrected chi connectivity index (χ0v) is 20.2. The van der Waals surface area contributed by atoms with E-state index in [1.165, 1.54) is 11.8 Å². The second kappa shape index (κ2) is 10.8. The fourth-order valence-corrected chi connectivity index (χ4v) is 4.36. The fourth-order valence-electron chi connectivity index (χ4n) is 3.03. The van der Waals surface area contributed by atoms with Crippen LogP contribution < -0.4 is 10.6 Å². The van der Waals surface area contributed by atoms with Gasteiger partial charge in [0.05, 0.1) is 11.8 Å². The van der Waals surface area contributed by atoms with Gasteiger partial charge >= 0.3 is 0 Å². The predicted molar refractivity (Wildman–Crippen MR) is 129 cm³/mol. The number of nitrogens with zero attached hydrogens (tertiary/aromatic N) is 3. The molecule has 3 aromatic rings. The monoisotopic (exact) mass is 491 g/mol. The summed E-state index contributed by atoms with van der Waals surface area (Å²) in [5, 5.41) is 15.7. The molecule has 1 heterocycles. The highest BCUT2D eigenvalue weighted by Gasteiger charge is 2.20. The number of hydrogen-bond donors (Lipinski definition) is 2. The van der Waals surface area contributed by atoms with Crippen molar-refractivity contribution in [1.82, 2.24) is 20.1 Å². The van der Waals surface area contributed by atoms with E-state index in [1.807, 2.05) is 37.5 Å². The zero-order valence-electron chi connectivity index (χ0n) is 17.9. The van der Waals surface area contributed by atoms with E-state index in [4.69, 9.17) is 23.2 Å². The van der Waals surface area contributed by atoms with Gasteiger partial charge in [0.25, 0.3) is 5.91 Å². The zero-order chi connectivity index (χ0) is 23.3. The van der Waals surface area contributed by atoms with E-state index >= 15 is 0 Å². The van der Waals surface area contributed by atoms with Crippen molar-refractivity contribution in [1.29, 1.82) is 0 Å². The summed E-state index contributed by atoms with van der Waals surface area (Å²) in [6.07, 6.45) is 0. The molecule has 0 aliphatic heterocycles. The van der Waals surface area contributed by atoms with Crippen molar-refractivity contribution in [3.63, 3.8) is 0 Å². The Kier molecular flexibility index (Phi) is 8.17. The molecule has 0 bridgehead atoms. The van der Waals surface area contributed by atoms with Crippen LogP contribution in [0.2, 0.25) is 10.0 Å². The van der Waals surface area contributed by atoms with Gasteiger partial charge in [-0.1, -0.05) is 52.7 Å². The molecule has 1 aromatic heterocycles. The maximum atomic E-state index is 12.5. The standard InChI is InChI=1S/C22H23Cl2N5O2S/c1-4-29-20(14(3)25-21(31)15-7-5-13(2)6-8-15)27-28-22(29)32-12-19(30)26-18-10-16(23)9-17(24)11-18/h5-11,14H,4,12H2,1-3H3,(H,25,31)(H,26,30)/t14-/m1/s1. The van der Waals surface area contributed by atoms with Crippen LogP contribution in [0.5, 0.6) is 0 Å². The summed E-state index contributed by atoms with van der Waals surface area (Å²) < 4.78 is 1.88. The molecular formula is C22H23Cl2N5O2S. The van der Waals surface area contributed by atoms with Crippen LogP contribution in [0.4, 0.5) is 5.69 Å². The molecule has 0 aliphatic carbocycles. The maximum Gasteiger partial charge on any atom is 0.251 e. The first-order valence-corrected chi connectivity index (χ1v) is 11.7. The number of aromatic nitrogens is 3. The minimum atomic E-state index is -0.354. The highest BCUT2D eigenvalue weighted by atomic mass is 35.5. The lowest BCUT2D eigenvalue weighted by atomic mass is 10.1. The Labute approximate surface area is 200 Å². The van der Waals surface area contributed by atoms with Gasteiger partial charge in [0.1, 0.15) is 0 Å². The van der Waals surface area contributed by atoms with E-state index in [9.17, 15) is 9.59 Å². The molecule has 2 N–H and O–H groups in total. The first-order valence-electron chi connectivity index (χ1n) is 9.96. The van der Waals surface area contributed by atoms with Gasteiger partial charge in [0.15, 0.2) is 11.0 Å². The molecule has 3 rings (SSSR count). The summed E-state index contributed by atoms with van der Waals surface area (Å²) in [6.45, 7) is 6.38. The third kappa shape index (κ3) is 6.25. The lowest BCUT2D eigenvalue weighted by Gasteiger charge is -2.15. The van der Waals surface area contributed by atoms with Crippen LogP contribution in [-0.2, 0) is 11.3 Å². The number of rotatable bonds is 8. The highest BCUT2D eigenvalue weighted by molar-refractivity contribution is 7.99. The molecule has 0 fully saturated rings. The third-order valence-corrected chi connectivity index (χ3v) is 5.99. The van der Waals surface area contributed by atoms with Crippen LogP contribution in [0.15, 0.2) is 47.6 Å². The number of benzene rings is 2. The van der Waals surface area contributed by atoms with Gasteiger partial charge in [-0.15, -0.1) is 10.2 Å². The Morgan fingerprint density at radius 3 is 2.38 bits per heavy atom. The average molecular weight is 492 g/mol. The summed E-state index contributed by atoms with van der Waals surface area (Å²) in [6, 6.07) is 11.9. The van der Waals surface area contributed by atoms with Crippen molar-refractivity contribution in [2.45, 2.75) is 38.5 Å². The number of thioether (sulfide) groups is 1. The van der Waals surface area contributed by atoms with Gasteiger partial charge in [-0.2, -0.15) is 0 Å². The van der Waals surface area contributed by atoms with Gasteiger partial charge in [0, 0.05) is 27.8 Å². The SMILES string of the molecule is CCn1c(SCC(=O)Nc2cc(Cl)cc(Cl)c2)nnc1[C@@H](C)NC(=O)c1ccc(C)cc1. The molecule has 2 amide bonds. The highest BCUT2D eigenvalue weighted by Crippen LogP contribution is 2.24. The van der Waals surface area contributed by atoms with Gasteiger partial charge in [-0.05, 0) is 51.1 Å². The molecule has 0 spiro atoms. The molecule has 1 atom stereocenters. The van der Waals surface area contributed by atoms with E-state index in [1.54, 1.807) is 30.3 Å². The fraction of sp³-hybridized carbons (Fsp3) is 0.273. The molecule has 2 aromatic carbocycles. The Balaban J connectivity index is 1.62. The predicted octanol–water partition coefficient (Wildman–Crippen LogP) is 5.14. The number of nitrogens with one attached hydrogen (secondary N) is 2. The van der Waals surface area contributed by atoms with Gasteiger partial charge in [0.2, 0.25) is 5.91 Å². The number of amides is 2. The summed E-state index contributed by atoms with van der Waals surface area (Å²) in [5.74, 6) is 0.350. The summed E-state index contributed by atoms with van der Waals surface area (Å²) in [7, 11) is 0. The molecule has 32 heavy (non-hydrogen) atoms. The van der Waals surface area contributed by atoms with Crippen LogP contribution in [0.3, 0.4) is 0 Å². The van der Waals surface area contributed by atoms with E-state index in [2.05, 4.69) is 20.8 Å². The van der Waals surface area contributed by atoms with Crippen LogP contribution in [0.25, 0.3) is 0 Å². The number of aryl methyl sites for hydroxylation is 1. The van der Waals surface area contributed by atoms with Crippen molar-refractivity contribution >= 4 is 52.5 Å². The molecule has 0 aliphatic rings. The lowest BCUT2D eigenvalue weighted by Crippen LogP contribution is -2.28. The van der Waals surface area contributed by atoms with Crippen molar-refractivity contribution in [3.05, 3.63) is 69.5 Å². The molecule has 0 unspecified atom stereocenters. The summed E-state index contributed by atoms with van der Waals surface area (Å²) in [5.41, 5.74) is 2.19. The molecular weight excluding hydrogens is 469 g/mol.